The van der Waals surface area contributed by atoms with Crippen molar-refractivity contribution in [2.75, 3.05) is 13.7 Å². The molecule has 0 fully saturated rings. The first-order chi connectivity index (χ1) is 7.11. The highest BCUT2D eigenvalue weighted by Gasteiger charge is 2.16. The zero-order chi connectivity index (χ0) is 11.4. The Labute approximate surface area is 94.9 Å². The monoisotopic (exact) mass is 279 g/mol. The molecule has 0 saturated heterocycles. The Hall–Kier alpha value is -0.850. The minimum Gasteiger partial charge on any atom is -0.502 e. The first kappa shape index (κ1) is 12.2. The predicted molar refractivity (Wildman–Crippen MR) is 56.2 cm³/mol. The lowest BCUT2D eigenvalue weighted by atomic mass is 10.1. The van der Waals surface area contributed by atoms with Crippen LogP contribution in [-0.4, -0.2) is 18.8 Å². The molecular formula is C9H11BrFNO3. The molecule has 1 rings (SSSR count). The fraction of sp³-hybridized carbons (Fsp3) is 0.333. The number of ether oxygens (including phenoxy) is 1. The topological polar surface area (TPSA) is 64.7 Å². The van der Waals surface area contributed by atoms with Gasteiger partial charge in [0.2, 0.25) is 0 Å². The molecule has 1 aromatic rings. The quantitative estimate of drug-likeness (QED) is 0.824. The van der Waals surface area contributed by atoms with Gasteiger partial charge in [-0.15, -0.1) is 0 Å². The molecule has 0 aliphatic carbocycles. The summed E-state index contributed by atoms with van der Waals surface area (Å²) >= 11 is 3.18. The van der Waals surface area contributed by atoms with E-state index in [0.29, 0.717) is 10.0 Å². The molecule has 0 radical (unpaired) electrons. The molecule has 3 N–H and O–H groups in total. The zero-order valence-electron chi connectivity index (χ0n) is 8.09. The van der Waals surface area contributed by atoms with Gasteiger partial charge in [-0.2, -0.15) is 0 Å². The third kappa shape index (κ3) is 2.58. The molecule has 0 aliphatic rings. The van der Waals surface area contributed by atoms with Gasteiger partial charge < -0.3 is 14.7 Å². The summed E-state index contributed by atoms with van der Waals surface area (Å²) < 4.78 is 18.9. The first-order valence-electron chi connectivity index (χ1n) is 4.17. The molecule has 0 heterocycles. The van der Waals surface area contributed by atoms with Crippen molar-refractivity contribution < 1.29 is 19.1 Å². The summed E-state index contributed by atoms with van der Waals surface area (Å²) in [6.07, 6.45) is 0.264. The van der Waals surface area contributed by atoms with Crippen molar-refractivity contribution in [3.05, 3.63) is 21.9 Å². The second kappa shape index (κ2) is 5.29. The van der Waals surface area contributed by atoms with Crippen LogP contribution in [0.2, 0.25) is 0 Å². The lowest BCUT2D eigenvalue weighted by molar-refractivity contribution is 0.140. The minimum atomic E-state index is -0.724. The highest BCUT2D eigenvalue weighted by atomic mass is 79.9. The van der Waals surface area contributed by atoms with Gasteiger partial charge in [0.1, 0.15) is 0 Å². The number of nitrogens with two attached hydrogens (primary N) is 1. The molecule has 0 unspecified atom stereocenters. The first-order valence-corrected chi connectivity index (χ1v) is 4.96. The van der Waals surface area contributed by atoms with E-state index in [1.807, 2.05) is 0 Å². The van der Waals surface area contributed by atoms with Crippen LogP contribution in [0.1, 0.15) is 5.56 Å². The number of phenolic OH excluding ortho intramolecular Hbond substituents is 1. The number of aromatic hydroxyl groups is 1. The number of rotatable bonds is 4. The van der Waals surface area contributed by atoms with Crippen molar-refractivity contribution in [2.24, 2.45) is 5.90 Å². The predicted octanol–water partition coefficient (Wildman–Crippen LogP) is 1.74. The van der Waals surface area contributed by atoms with Crippen molar-refractivity contribution >= 4 is 15.9 Å². The molecule has 4 nitrogen and oxygen atoms in total. The van der Waals surface area contributed by atoms with E-state index in [-0.39, 0.29) is 18.8 Å². The van der Waals surface area contributed by atoms with Crippen LogP contribution in [0.3, 0.4) is 0 Å². The summed E-state index contributed by atoms with van der Waals surface area (Å²) in [6.45, 7) is 0.168. The molecule has 0 spiro atoms. The Balaban J connectivity index is 3.11. The molecule has 0 aliphatic heterocycles. The van der Waals surface area contributed by atoms with Gasteiger partial charge in [0.15, 0.2) is 17.3 Å². The van der Waals surface area contributed by atoms with Crippen LogP contribution in [-0.2, 0) is 11.3 Å². The lowest BCUT2D eigenvalue weighted by Crippen LogP contribution is -2.06. The van der Waals surface area contributed by atoms with E-state index < -0.39 is 11.6 Å². The van der Waals surface area contributed by atoms with Crippen LogP contribution < -0.4 is 10.6 Å². The molecule has 1 aromatic carbocycles. The number of hydrogen-bond donors (Lipinski definition) is 2. The molecule has 0 atom stereocenters. The maximum Gasteiger partial charge on any atom is 0.194 e. The van der Waals surface area contributed by atoms with Gasteiger partial charge >= 0.3 is 0 Å². The summed E-state index contributed by atoms with van der Waals surface area (Å²) in [4.78, 5) is 4.35. The fourth-order valence-corrected chi connectivity index (χ4v) is 1.75. The van der Waals surface area contributed by atoms with Gasteiger partial charge in [0, 0.05) is 16.5 Å². The number of halogens is 2. The lowest BCUT2D eigenvalue weighted by Gasteiger charge is -2.10. The average molecular weight is 280 g/mol. The normalized spacial score (nSPS) is 10.4. The molecule has 0 aromatic heterocycles. The molecular weight excluding hydrogens is 269 g/mol. The SMILES string of the molecule is COc1cc(Br)c(CCON)c(F)c1O. The maximum absolute atomic E-state index is 13.6. The molecule has 84 valence electrons. The minimum absolute atomic E-state index is 0.0804. The second-order valence-corrected chi connectivity index (χ2v) is 3.68. The van der Waals surface area contributed by atoms with Crippen molar-refractivity contribution in [3.8, 4) is 11.5 Å². The van der Waals surface area contributed by atoms with Gasteiger partial charge in [-0.1, -0.05) is 15.9 Å². The summed E-state index contributed by atoms with van der Waals surface area (Å²) in [5.41, 5.74) is 0.304. The number of hydrogen-bond acceptors (Lipinski definition) is 4. The van der Waals surface area contributed by atoms with Crippen molar-refractivity contribution in [1.82, 2.24) is 0 Å². The van der Waals surface area contributed by atoms with E-state index in [1.165, 1.54) is 13.2 Å². The summed E-state index contributed by atoms with van der Waals surface area (Å²) in [7, 11) is 1.35. The maximum atomic E-state index is 13.6. The zero-order valence-corrected chi connectivity index (χ0v) is 9.67. The van der Waals surface area contributed by atoms with E-state index in [0.717, 1.165) is 0 Å². The Morgan fingerprint density at radius 3 is 2.80 bits per heavy atom. The molecule has 0 bridgehead atoms. The van der Waals surface area contributed by atoms with Crippen LogP contribution in [0, 0.1) is 5.82 Å². The summed E-state index contributed by atoms with van der Waals surface area (Å²) in [5.74, 6) is 3.70. The Kier molecular flexibility index (Phi) is 4.31. The summed E-state index contributed by atoms with van der Waals surface area (Å²) in [5, 5.41) is 9.41. The van der Waals surface area contributed by atoms with Crippen molar-refractivity contribution in [1.29, 1.82) is 0 Å². The highest BCUT2D eigenvalue weighted by Crippen LogP contribution is 2.36. The van der Waals surface area contributed by atoms with Gasteiger partial charge in [0.05, 0.1) is 13.7 Å². The third-order valence-electron chi connectivity index (χ3n) is 1.94. The van der Waals surface area contributed by atoms with E-state index in [1.54, 1.807) is 0 Å². The van der Waals surface area contributed by atoms with Crippen LogP contribution >= 0.6 is 15.9 Å². The van der Waals surface area contributed by atoms with Crippen LogP contribution in [0.25, 0.3) is 0 Å². The average Bonchev–Trinajstić information content (AvgIpc) is 2.23. The standard InChI is InChI=1S/C9H11BrFNO3/c1-14-7-4-6(10)5(2-3-15-12)8(11)9(7)13/h4,13H,2-3,12H2,1H3. The van der Waals surface area contributed by atoms with Gasteiger partial charge in [0.25, 0.3) is 0 Å². The van der Waals surface area contributed by atoms with E-state index >= 15 is 0 Å². The Bertz CT molecular complexity index is 360. The van der Waals surface area contributed by atoms with E-state index in [2.05, 4.69) is 20.8 Å². The second-order valence-electron chi connectivity index (χ2n) is 2.82. The highest BCUT2D eigenvalue weighted by molar-refractivity contribution is 9.10. The van der Waals surface area contributed by atoms with Gasteiger partial charge in [-0.3, -0.25) is 0 Å². The van der Waals surface area contributed by atoms with E-state index in [4.69, 9.17) is 10.6 Å². The molecule has 6 heteroatoms. The summed E-state index contributed by atoms with van der Waals surface area (Å²) in [6, 6.07) is 1.49. The fourth-order valence-electron chi connectivity index (χ4n) is 1.17. The molecule has 0 amide bonds. The largest absolute Gasteiger partial charge is 0.502 e. The smallest absolute Gasteiger partial charge is 0.194 e. The van der Waals surface area contributed by atoms with Crippen molar-refractivity contribution in [3.63, 3.8) is 0 Å². The Morgan fingerprint density at radius 1 is 1.60 bits per heavy atom. The third-order valence-corrected chi connectivity index (χ3v) is 2.65. The van der Waals surface area contributed by atoms with Gasteiger partial charge in [-0.25, -0.2) is 10.3 Å². The van der Waals surface area contributed by atoms with Crippen molar-refractivity contribution in [2.45, 2.75) is 6.42 Å². The van der Waals surface area contributed by atoms with E-state index in [9.17, 15) is 9.50 Å². The molecule has 15 heavy (non-hydrogen) atoms. The Morgan fingerprint density at radius 2 is 2.27 bits per heavy atom. The number of methoxy groups -OCH3 is 1. The van der Waals surface area contributed by atoms with Crippen LogP contribution in [0.4, 0.5) is 4.39 Å². The number of benzene rings is 1. The van der Waals surface area contributed by atoms with Gasteiger partial charge in [-0.05, 0) is 6.07 Å². The van der Waals surface area contributed by atoms with Crippen LogP contribution in [0.5, 0.6) is 11.5 Å². The molecule has 0 saturated carbocycles. The number of phenols is 1. The van der Waals surface area contributed by atoms with Crippen LogP contribution in [0.15, 0.2) is 10.5 Å².